The number of esters is 1. The van der Waals surface area contributed by atoms with Gasteiger partial charge in [-0.2, -0.15) is 0 Å². The molecule has 0 unspecified atom stereocenters. The van der Waals surface area contributed by atoms with Crippen molar-refractivity contribution in [3.63, 3.8) is 0 Å². The molecule has 0 aromatic carbocycles. The van der Waals surface area contributed by atoms with Gasteiger partial charge in [0.25, 0.3) is 0 Å². The Morgan fingerprint density at radius 1 is 0.797 bits per heavy atom. The Hall–Kier alpha value is -1.43. The molecule has 18 heteroatoms. The predicted octanol–water partition coefficient (Wildman–Crippen LogP) is 0.539. The second kappa shape index (κ2) is 17.5. The van der Waals surface area contributed by atoms with Gasteiger partial charge in [0, 0.05) is 24.7 Å². The lowest BCUT2D eigenvalue weighted by Crippen LogP contribution is -2.66. The van der Waals surface area contributed by atoms with Gasteiger partial charge in [-0.1, -0.05) is 39.3 Å². The molecule has 4 aliphatic carbocycles. The molecule has 9 aliphatic rings. The molecule has 64 heavy (non-hydrogen) atoms. The molecule has 5 aliphatic heterocycles. The Morgan fingerprint density at radius 2 is 1.53 bits per heavy atom. The van der Waals surface area contributed by atoms with Crippen LogP contribution in [0.3, 0.4) is 0 Å². The maximum atomic E-state index is 12.8. The van der Waals surface area contributed by atoms with Crippen molar-refractivity contribution >= 4 is 5.97 Å². The fourth-order valence-electron chi connectivity index (χ4n) is 14.0. The van der Waals surface area contributed by atoms with E-state index < -0.39 is 123 Å². The van der Waals surface area contributed by atoms with Gasteiger partial charge in [-0.15, -0.1) is 0 Å². The molecule has 8 N–H and O–H groups in total. The predicted molar refractivity (Wildman–Crippen MR) is 219 cm³/mol. The lowest BCUT2D eigenvalue weighted by Gasteiger charge is -2.60. The molecule has 0 aromatic rings. The van der Waals surface area contributed by atoms with Gasteiger partial charge in [-0.3, -0.25) is 4.79 Å². The van der Waals surface area contributed by atoms with Crippen molar-refractivity contribution < 1.29 is 88.3 Å². The Morgan fingerprint density at radius 3 is 2.23 bits per heavy atom. The first kappa shape index (κ1) is 47.6. The highest BCUT2D eigenvalue weighted by atomic mass is 16.8. The van der Waals surface area contributed by atoms with Crippen molar-refractivity contribution in [2.45, 2.75) is 209 Å². The average molecular weight is 913 g/mol. The van der Waals surface area contributed by atoms with Crippen molar-refractivity contribution in [2.24, 2.45) is 40.4 Å². The summed E-state index contributed by atoms with van der Waals surface area (Å²) in [6.45, 7) is 11.2. The SMILES string of the molecule is CC(=O)O[C@H]1[C@H](O[C@H]2[C@H](O[C@H]3CC[C@@]4(C)C(=CC[C@@H]5[C@@H]4CC[C@@]4(C)[C@H]5C[C@@H]5O[C@]6(CC[C@@H](C)CO6)[C@@H](C)[C@@]54O)C3)O[C@H](CO)[C@@H](O)[C@@H]2O[C@@H]2OC[C@@H](O)[C@H](O)[C@H]2O)O[C@@H](C)[C@H](O)[C@H]1O. The van der Waals surface area contributed by atoms with E-state index >= 15 is 0 Å². The van der Waals surface area contributed by atoms with E-state index in [0.717, 1.165) is 51.9 Å². The molecule has 9 rings (SSSR count). The quantitative estimate of drug-likeness (QED) is 0.122. The summed E-state index contributed by atoms with van der Waals surface area (Å²) in [6, 6.07) is 0. The van der Waals surface area contributed by atoms with Crippen LogP contribution in [0.4, 0.5) is 0 Å². The van der Waals surface area contributed by atoms with Crippen LogP contribution in [0.15, 0.2) is 11.6 Å². The van der Waals surface area contributed by atoms with Crippen LogP contribution >= 0.6 is 0 Å². The van der Waals surface area contributed by atoms with E-state index in [1.54, 1.807) is 0 Å². The zero-order valence-electron chi connectivity index (χ0n) is 37.8. The summed E-state index contributed by atoms with van der Waals surface area (Å²) in [7, 11) is 0. The number of fused-ring (bicyclic) bond motifs is 7. The standard InChI is InChI=1S/C46H72O18/c1-20-9-14-45(57-18-20)22(3)46(55)31(64-45)16-28-26-8-7-24-15-25(10-12-43(24,5)27(26)11-13-44(28,46)6)60-42-39(63-41-38(59-23(4)48)35(53)32(50)21(2)58-41)37(34(52)30(17-47)61-42)62-40-36(54)33(51)29(49)19-56-40/h7,20-22,25-42,47,49-55H,8-19H2,1-6H3/t20-,21+,22-,25+,26-,27+,28+,29-,30-,31+,32+,33+,34-,35-,36-,37+,38-,39-,40+,41+,42-,43+,44+,45-,46-/m1/s1. The van der Waals surface area contributed by atoms with Crippen molar-refractivity contribution in [3.8, 4) is 0 Å². The minimum atomic E-state index is -1.76. The molecule has 0 aromatic heterocycles. The van der Waals surface area contributed by atoms with Crippen LogP contribution < -0.4 is 0 Å². The van der Waals surface area contributed by atoms with E-state index in [2.05, 4.69) is 33.8 Å². The van der Waals surface area contributed by atoms with Crippen LogP contribution in [0.1, 0.15) is 99.3 Å². The molecule has 0 radical (unpaired) electrons. The fourth-order valence-corrected chi connectivity index (χ4v) is 14.0. The molecule has 5 heterocycles. The number of aliphatic hydroxyl groups excluding tert-OH is 7. The number of allylic oxidation sites excluding steroid dienone is 1. The molecule has 364 valence electrons. The lowest BCUT2D eigenvalue weighted by atomic mass is 9.46. The number of carbonyl (C=O) groups excluding carboxylic acids is 1. The topological polar surface area (TPSA) is 262 Å². The van der Waals surface area contributed by atoms with E-state index in [-0.39, 0.29) is 28.8 Å². The molecular formula is C46H72O18. The highest BCUT2D eigenvalue weighted by Crippen LogP contribution is 2.72. The Bertz CT molecular complexity index is 1730. The van der Waals surface area contributed by atoms with Gasteiger partial charge in [0.05, 0.1) is 38.1 Å². The van der Waals surface area contributed by atoms with Crippen LogP contribution in [-0.4, -0.2) is 176 Å². The monoisotopic (exact) mass is 912 g/mol. The normalized spacial score (nSPS) is 56.1. The summed E-state index contributed by atoms with van der Waals surface area (Å²) in [4.78, 5) is 12.2. The third-order valence-electron chi connectivity index (χ3n) is 17.8. The average Bonchev–Trinajstić information content (AvgIpc) is 3.62. The van der Waals surface area contributed by atoms with Crippen LogP contribution in [0.2, 0.25) is 0 Å². The lowest BCUT2D eigenvalue weighted by molar-refractivity contribution is -0.390. The molecule has 1 spiro atoms. The maximum absolute atomic E-state index is 12.8. The first-order chi connectivity index (χ1) is 30.3. The summed E-state index contributed by atoms with van der Waals surface area (Å²) >= 11 is 0. The molecule has 5 saturated heterocycles. The third-order valence-corrected chi connectivity index (χ3v) is 17.8. The van der Waals surface area contributed by atoms with E-state index in [4.69, 9.17) is 42.6 Å². The van der Waals surface area contributed by atoms with Crippen molar-refractivity contribution in [1.82, 2.24) is 0 Å². The maximum Gasteiger partial charge on any atom is 0.303 e. The first-order valence-corrected chi connectivity index (χ1v) is 23.7. The smallest absolute Gasteiger partial charge is 0.303 e. The third kappa shape index (κ3) is 7.56. The highest BCUT2D eigenvalue weighted by molar-refractivity contribution is 5.66. The number of carbonyl (C=O) groups is 1. The molecule has 3 saturated carbocycles. The minimum Gasteiger partial charge on any atom is -0.454 e. The Balaban J connectivity index is 0.957. The van der Waals surface area contributed by atoms with Crippen molar-refractivity contribution in [2.75, 3.05) is 19.8 Å². The van der Waals surface area contributed by atoms with Gasteiger partial charge in [0.2, 0.25) is 0 Å². The molecule has 18 nitrogen and oxygen atoms in total. The highest BCUT2D eigenvalue weighted by Gasteiger charge is 2.76. The van der Waals surface area contributed by atoms with Crippen LogP contribution in [-0.2, 0) is 47.4 Å². The molecule has 0 bridgehead atoms. The summed E-state index contributed by atoms with van der Waals surface area (Å²) in [5, 5.41) is 88.1. The second-order valence-electron chi connectivity index (χ2n) is 21.3. The van der Waals surface area contributed by atoms with Crippen LogP contribution in [0, 0.1) is 40.4 Å². The molecular weight excluding hydrogens is 840 g/mol. The number of ether oxygens (including phenoxy) is 9. The molecule has 8 fully saturated rings. The van der Waals surface area contributed by atoms with Gasteiger partial charge in [0.1, 0.15) is 60.5 Å². The minimum absolute atomic E-state index is 0.139. The Kier molecular flexibility index (Phi) is 13.0. The summed E-state index contributed by atoms with van der Waals surface area (Å²) < 4.78 is 55.8. The van der Waals surface area contributed by atoms with Crippen LogP contribution in [0.5, 0.6) is 0 Å². The van der Waals surface area contributed by atoms with Crippen LogP contribution in [0.25, 0.3) is 0 Å². The molecule has 25 atom stereocenters. The van der Waals surface area contributed by atoms with Gasteiger partial charge >= 0.3 is 5.97 Å². The summed E-state index contributed by atoms with van der Waals surface area (Å²) in [5.74, 6) is -0.201. The van der Waals surface area contributed by atoms with Gasteiger partial charge in [-0.05, 0) is 87.4 Å². The van der Waals surface area contributed by atoms with E-state index in [0.29, 0.717) is 37.2 Å². The van der Waals surface area contributed by atoms with Gasteiger partial charge in [0.15, 0.2) is 30.8 Å². The van der Waals surface area contributed by atoms with E-state index in [9.17, 15) is 45.6 Å². The Labute approximate surface area is 374 Å². The first-order valence-electron chi connectivity index (χ1n) is 23.7. The van der Waals surface area contributed by atoms with E-state index in [1.807, 2.05) is 0 Å². The zero-order chi connectivity index (χ0) is 45.8. The molecule has 0 amide bonds. The van der Waals surface area contributed by atoms with Crippen molar-refractivity contribution in [3.05, 3.63) is 11.6 Å². The zero-order valence-corrected chi connectivity index (χ0v) is 37.8. The summed E-state index contributed by atoms with van der Waals surface area (Å²) in [6.07, 6.45) is -12.0. The number of aliphatic hydroxyl groups is 8. The summed E-state index contributed by atoms with van der Waals surface area (Å²) in [5.41, 5.74) is -0.186. The van der Waals surface area contributed by atoms with E-state index in [1.165, 1.54) is 12.5 Å². The fraction of sp³-hybridized carbons (Fsp3) is 0.935. The van der Waals surface area contributed by atoms with Gasteiger partial charge in [-0.25, -0.2) is 0 Å². The number of hydrogen-bond acceptors (Lipinski definition) is 18. The second-order valence-corrected chi connectivity index (χ2v) is 21.3. The number of hydrogen-bond donors (Lipinski definition) is 8. The van der Waals surface area contributed by atoms with Gasteiger partial charge < -0.3 is 83.5 Å². The van der Waals surface area contributed by atoms with Crippen molar-refractivity contribution in [1.29, 1.82) is 0 Å². The largest absolute Gasteiger partial charge is 0.454 e. The number of rotatable bonds is 8.